The second kappa shape index (κ2) is 29.7. The average molecular weight is 1030 g/mol. The van der Waals surface area contributed by atoms with Gasteiger partial charge in [-0.1, -0.05) is 75.4 Å². The number of aromatic nitrogens is 3. The lowest BCUT2D eigenvalue weighted by Gasteiger charge is -2.34. The van der Waals surface area contributed by atoms with Gasteiger partial charge in [0.1, 0.15) is 32.0 Å². The van der Waals surface area contributed by atoms with Crippen LogP contribution >= 0.6 is 0 Å². The molecule has 0 radical (unpaired) electrons. The number of allylic oxidation sites excluding steroid dienone is 1. The number of rotatable bonds is 16. The number of piperidine rings is 1. The zero-order valence-corrected chi connectivity index (χ0v) is 44.2. The van der Waals surface area contributed by atoms with E-state index in [1.54, 1.807) is 36.4 Å². The molecule has 400 valence electrons. The Balaban J connectivity index is 0.000000281. The van der Waals surface area contributed by atoms with Crippen LogP contribution in [-0.2, 0) is 34.4 Å². The fourth-order valence-electron chi connectivity index (χ4n) is 8.54. The molecule has 3 aliphatic heterocycles. The molecule has 2 amide bonds. The molecule has 3 aromatic carbocycles. The Morgan fingerprint density at radius 3 is 2.16 bits per heavy atom. The van der Waals surface area contributed by atoms with Crippen molar-refractivity contribution in [3.05, 3.63) is 142 Å². The van der Waals surface area contributed by atoms with Crippen molar-refractivity contribution in [1.29, 1.82) is 0 Å². The van der Waals surface area contributed by atoms with E-state index in [9.17, 15) is 27.6 Å². The molecule has 0 unspecified atom stereocenters. The van der Waals surface area contributed by atoms with Crippen molar-refractivity contribution < 1.29 is 37.1 Å². The Morgan fingerprint density at radius 1 is 0.905 bits per heavy atom. The Hall–Kier alpha value is -6.92. The number of fused-ring (bicyclic) bond motifs is 1. The first-order chi connectivity index (χ1) is 35.5. The first-order valence-electron chi connectivity index (χ1n) is 25.1. The molecule has 15 nitrogen and oxygen atoms in total. The molecule has 4 aromatic rings. The maximum Gasteiger partial charge on any atom is 0.418 e. The third-order valence-electron chi connectivity index (χ3n) is 13.1. The molecule has 1 N–H and O–H groups in total. The third-order valence-corrected chi connectivity index (χ3v) is 13.1. The highest BCUT2D eigenvalue weighted by Crippen LogP contribution is 2.37. The third kappa shape index (κ3) is 17.6. The van der Waals surface area contributed by atoms with Gasteiger partial charge in [0.05, 0.1) is 17.8 Å². The van der Waals surface area contributed by atoms with Gasteiger partial charge in [0.15, 0.2) is 0 Å². The van der Waals surface area contributed by atoms with E-state index in [0.717, 1.165) is 86.5 Å². The molecule has 1 saturated heterocycles. The van der Waals surface area contributed by atoms with Gasteiger partial charge in [-0.3, -0.25) is 19.8 Å². The summed E-state index contributed by atoms with van der Waals surface area (Å²) in [6.45, 7) is 10.4. The number of likely N-dealkylation sites (N-methyl/N-ethyl adjacent to an activating group) is 3. The van der Waals surface area contributed by atoms with Crippen molar-refractivity contribution >= 4 is 43.1 Å². The van der Waals surface area contributed by atoms with Crippen LogP contribution in [0.15, 0.2) is 108 Å². The van der Waals surface area contributed by atoms with E-state index in [1.807, 2.05) is 112 Å². The number of carbonyl (C=O) groups excluding carboxylic acids is 5. The van der Waals surface area contributed by atoms with Crippen LogP contribution in [0.1, 0.15) is 114 Å². The fraction of sp³-hybridized carbons (Fsp3) is 0.446. The number of anilines is 2. The van der Waals surface area contributed by atoms with Gasteiger partial charge < -0.3 is 38.7 Å². The molecule has 4 aliphatic rings. The molecule has 74 heavy (non-hydrogen) atoms. The van der Waals surface area contributed by atoms with Gasteiger partial charge in [-0.15, -0.1) is 10.2 Å². The van der Waals surface area contributed by atoms with Gasteiger partial charge in [0.25, 0.3) is 5.91 Å². The van der Waals surface area contributed by atoms with Crippen LogP contribution < -0.4 is 15.2 Å². The van der Waals surface area contributed by atoms with Gasteiger partial charge in [0, 0.05) is 102 Å². The van der Waals surface area contributed by atoms with Crippen LogP contribution in [0.3, 0.4) is 0 Å². The highest BCUT2D eigenvalue weighted by Gasteiger charge is 2.39. The molecule has 0 bridgehead atoms. The molecular formula is C56H75F3N10O5. The minimum absolute atomic E-state index is 0.0957. The number of unbranched alkanes of at least 4 members (excludes halogenated alkanes) is 1. The number of amides is 2. The average Bonchev–Trinajstić information content (AvgIpc) is 3.93. The number of nitrogens with zero attached hydrogens (tertiary/aromatic N) is 9. The largest absolute Gasteiger partial charge is 0.418 e. The lowest BCUT2D eigenvalue weighted by atomic mass is 9.89. The Bertz CT molecular complexity index is 2510. The van der Waals surface area contributed by atoms with Crippen LogP contribution in [0, 0.1) is 0 Å². The van der Waals surface area contributed by atoms with Crippen molar-refractivity contribution in [2.24, 2.45) is 7.05 Å². The predicted molar refractivity (Wildman–Crippen MR) is 285 cm³/mol. The van der Waals surface area contributed by atoms with Crippen LogP contribution in [0.2, 0.25) is 0 Å². The molecule has 8 rings (SSSR count). The SMILES string of the molecule is C1CCC1.C=O.C=O.CCCCC(=O)NN1Cc2cc(N3CCC(c4ccc(C=O)cc4)CC3)ccc2C1=O.CN(C)CCN(C)CC1=CN(C)/C(=C\N(C)c2cccc(Cc3nncn3C)c2)C(C(F)(F)F)=C1. The smallest absolute Gasteiger partial charge is 0.371 e. The molecule has 2 fully saturated rings. The van der Waals surface area contributed by atoms with Crippen molar-refractivity contribution in [3.8, 4) is 0 Å². The van der Waals surface area contributed by atoms with Gasteiger partial charge in [-0.25, -0.2) is 5.01 Å². The lowest BCUT2D eigenvalue weighted by molar-refractivity contribution is -0.125. The summed E-state index contributed by atoms with van der Waals surface area (Å²) in [5.74, 6) is 1.07. The maximum atomic E-state index is 14.1. The molecule has 0 spiro atoms. The fourth-order valence-corrected chi connectivity index (χ4v) is 8.54. The second-order valence-corrected chi connectivity index (χ2v) is 19.1. The number of hydrazine groups is 1. The minimum Gasteiger partial charge on any atom is -0.371 e. The van der Waals surface area contributed by atoms with Gasteiger partial charge >= 0.3 is 6.18 Å². The van der Waals surface area contributed by atoms with Gasteiger partial charge in [0.2, 0.25) is 5.91 Å². The number of nitrogens with one attached hydrogen (secondary N) is 1. The van der Waals surface area contributed by atoms with E-state index in [-0.39, 0.29) is 17.5 Å². The number of aldehydes is 1. The first-order valence-corrected chi connectivity index (χ1v) is 25.1. The van der Waals surface area contributed by atoms with E-state index in [1.165, 1.54) is 48.5 Å². The van der Waals surface area contributed by atoms with E-state index in [0.29, 0.717) is 48.5 Å². The molecule has 1 saturated carbocycles. The van der Waals surface area contributed by atoms with E-state index in [4.69, 9.17) is 9.59 Å². The molecule has 4 heterocycles. The van der Waals surface area contributed by atoms with E-state index < -0.39 is 11.7 Å². The highest BCUT2D eigenvalue weighted by atomic mass is 19.4. The molecule has 1 aromatic heterocycles. The topological polar surface area (TPSA) is 148 Å². The number of alkyl halides is 3. The Labute approximate surface area is 435 Å². The van der Waals surface area contributed by atoms with Crippen molar-refractivity contribution in [2.75, 3.05) is 77.8 Å². The monoisotopic (exact) mass is 1020 g/mol. The Morgan fingerprint density at radius 2 is 1.58 bits per heavy atom. The zero-order chi connectivity index (χ0) is 54.4. The highest BCUT2D eigenvalue weighted by molar-refractivity contribution is 5.99. The maximum absolute atomic E-state index is 14.1. The summed E-state index contributed by atoms with van der Waals surface area (Å²) in [6.07, 6.45) is 13.5. The van der Waals surface area contributed by atoms with Crippen LogP contribution in [-0.4, -0.2) is 140 Å². The summed E-state index contributed by atoms with van der Waals surface area (Å²) >= 11 is 0. The normalized spacial score (nSPS) is 15.7. The summed E-state index contributed by atoms with van der Waals surface area (Å²) < 4.78 is 44.1. The van der Waals surface area contributed by atoms with Crippen molar-refractivity contribution in [1.82, 2.24) is 39.9 Å². The summed E-state index contributed by atoms with van der Waals surface area (Å²) in [6, 6.07) is 21.6. The lowest BCUT2D eigenvalue weighted by Crippen LogP contribution is -2.42. The summed E-state index contributed by atoms with van der Waals surface area (Å²) in [5, 5.41) is 9.44. The van der Waals surface area contributed by atoms with Gasteiger partial charge in [-0.05, 0) is 105 Å². The van der Waals surface area contributed by atoms with Crippen LogP contribution in [0.5, 0.6) is 0 Å². The number of hydrogen-bond acceptors (Lipinski definition) is 12. The summed E-state index contributed by atoms with van der Waals surface area (Å²) in [7, 11) is 11.2. The first kappa shape index (κ1) is 59.6. The molecule has 0 atom stereocenters. The summed E-state index contributed by atoms with van der Waals surface area (Å²) in [4.78, 5) is 61.2. The standard InChI is InChI=1S/C25H34F3N7.C25H29N3O3.C4H8.2CH2O/c1-31(2)10-11-32(3)15-20-13-22(25(26,27)28)23(34(5)16-20)17-33(4)21-9-7-8-19(12-21)14-24-30-29-18-35(24)6;1-2-3-4-24(30)26-28-16-21-15-22(9-10-23(21)25(28)31)27-13-11-20(12-14-27)19-7-5-18(17-29)6-8-19;1-2-4-3-1;2*1-2/h7-9,12-13,16-18H,10-11,14-15H2,1-6H3;5-10,15,17,20H,2-4,11-14,16H2,1H3,(H,26,30);1-4H2;2*1H2/b23-17-;;;;. The zero-order valence-electron chi connectivity index (χ0n) is 44.2. The quantitative estimate of drug-likeness (QED) is 0.107. The van der Waals surface area contributed by atoms with Crippen molar-refractivity contribution in [3.63, 3.8) is 0 Å². The minimum atomic E-state index is -4.48. The molecular weight excluding hydrogens is 950 g/mol. The van der Waals surface area contributed by atoms with Crippen LogP contribution in [0.4, 0.5) is 24.5 Å². The van der Waals surface area contributed by atoms with Crippen LogP contribution in [0.25, 0.3) is 0 Å². The number of hydrogen-bond donors (Lipinski definition) is 1. The predicted octanol–water partition coefficient (Wildman–Crippen LogP) is 8.75. The Kier molecular flexibility index (Phi) is 23.9. The second-order valence-electron chi connectivity index (χ2n) is 19.1. The summed E-state index contributed by atoms with van der Waals surface area (Å²) in [5.41, 5.74) is 9.35. The molecule has 18 heteroatoms. The van der Waals surface area contributed by atoms with E-state index in [2.05, 4.69) is 38.7 Å². The molecule has 1 aliphatic carbocycles. The number of aryl methyl sites for hydroxylation is 1. The van der Waals surface area contributed by atoms with E-state index >= 15 is 0 Å². The van der Waals surface area contributed by atoms with Crippen molar-refractivity contribution in [2.45, 2.75) is 89.8 Å². The van der Waals surface area contributed by atoms with Gasteiger partial charge in [-0.2, -0.15) is 13.2 Å². The number of halogens is 3. The number of benzene rings is 3. The number of carbonyl (C=O) groups is 5.